The third kappa shape index (κ3) is 3.92. The number of hydrogen-bond acceptors (Lipinski definition) is 4. The molecular formula is C13H24N2O3S. The minimum atomic E-state index is -2.97. The molecule has 1 saturated carbocycles. The molecule has 19 heavy (non-hydrogen) atoms. The van der Waals surface area contributed by atoms with Gasteiger partial charge in [0.25, 0.3) is 0 Å². The van der Waals surface area contributed by atoms with Crippen molar-refractivity contribution >= 4 is 15.7 Å². The predicted octanol–water partition coefficient (Wildman–Crippen LogP) is 0.458. The van der Waals surface area contributed by atoms with E-state index in [1.165, 1.54) is 0 Å². The first-order valence-electron chi connectivity index (χ1n) is 7.02. The molecule has 0 aromatic rings. The average Bonchev–Trinajstić information content (AvgIpc) is 2.56. The van der Waals surface area contributed by atoms with Crippen molar-refractivity contribution in [3.8, 4) is 0 Å². The second-order valence-electron chi connectivity index (χ2n) is 6.47. The standard InChI is InChI=1S/C13H24N2O3S/c1-13(2)5-3-4-11(13)15-12(16)8-10-9-19(17,18)7-6-14-10/h10-11,14H,3-9H2,1-2H3,(H,15,16). The molecule has 2 fully saturated rings. The molecule has 0 aromatic heterocycles. The van der Waals surface area contributed by atoms with E-state index in [4.69, 9.17) is 0 Å². The fourth-order valence-corrected chi connectivity index (χ4v) is 4.51. The molecule has 110 valence electrons. The predicted molar refractivity (Wildman–Crippen MR) is 74.6 cm³/mol. The quantitative estimate of drug-likeness (QED) is 0.791. The first-order valence-corrected chi connectivity index (χ1v) is 8.84. The highest BCUT2D eigenvalue weighted by atomic mass is 32.2. The highest BCUT2D eigenvalue weighted by molar-refractivity contribution is 7.91. The van der Waals surface area contributed by atoms with Crippen LogP contribution >= 0.6 is 0 Å². The topological polar surface area (TPSA) is 75.3 Å². The molecule has 0 spiro atoms. The van der Waals surface area contributed by atoms with Gasteiger partial charge in [-0.3, -0.25) is 4.79 Å². The highest BCUT2D eigenvalue weighted by Gasteiger charge is 2.36. The van der Waals surface area contributed by atoms with Crippen molar-refractivity contribution in [1.82, 2.24) is 10.6 Å². The summed E-state index contributed by atoms with van der Waals surface area (Å²) in [7, 11) is -2.97. The van der Waals surface area contributed by atoms with E-state index in [2.05, 4.69) is 24.5 Å². The number of carbonyl (C=O) groups is 1. The molecule has 0 aromatic carbocycles. The van der Waals surface area contributed by atoms with Crippen LogP contribution in [0.4, 0.5) is 0 Å². The molecular weight excluding hydrogens is 264 g/mol. The fraction of sp³-hybridized carbons (Fsp3) is 0.923. The van der Waals surface area contributed by atoms with E-state index in [1.54, 1.807) is 0 Å². The highest BCUT2D eigenvalue weighted by Crippen LogP contribution is 2.37. The lowest BCUT2D eigenvalue weighted by molar-refractivity contribution is -0.122. The molecule has 1 aliphatic heterocycles. The van der Waals surface area contributed by atoms with Gasteiger partial charge in [-0.1, -0.05) is 20.3 Å². The molecule has 0 bridgehead atoms. The summed E-state index contributed by atoms with van der Waals surface area (Å²) in [4.78, 5) is 12.0. The van der Waals surface area contributed by atoms with Crippen molar-refractivity contribution in [3.05, 3.63) is 0 Å². The molecule has 2 N–H and O–H groups in total. The van der Waals surface area contributed by atoms with Crippen molar-refractivity contribution in [1.29, 1.82) is 0 Å². The van der Waals surface area contributed by atoms with Gasteiger partial charge >= 0.3 is 0 Å². The Hall–Kier alpha value is -0.620. The summed E-state index contributed by atoms with van der Waals surface area (Å²) in [5, 5.41) is 6.18. The van der Waals surface area contributed by atoms with E-state index in [0.717, 1.165) is 19.3 Å². The Morgan fingerprint density at radius 3 is 2.74 bits per heavy atom. The summed E-state index contributed by atoms with van der Waals surface area (Å²) in [6.45, 7) is 4.80. The van der Waals surface area contributed by atoms with Crippen LogP contribution in [-0.2, 0) is 14.6 Å². The molecule has 1 amide bonds. The minimum Gasteiger partial charge on any atom is -0.353 e. The molecule has 6 heteroatoms. The third-order valence-electron chi connectivity index (χ3n) is 4.33. The maximum absolute atomic E-state index is 12.0. The Morgan fingerprint density at radius 1 is 1.42 bits per heavy atom. The molecule has 1 aliphatic carbocycles. The molecule has 2 rings (SSSR count). The zero-order valence-electron chi connectivity index (χ0n) is 11.7. The summed E-state index contributed by atoms with van der Waals surface area (Å²) in [6.07, 6.45) is 3.56. The number of hydrogen-bond donors (Lipinski definition) is 2. The van der Waals surface area contributed by atoms with Crippen LogP contribution in [0.5, 0.6) is 0 Å². The summed E-state index contributed by atoms with van der Waals surface area (Å²) in [6, 6.07) is -0.0107. The number of sulfone groups is 1. The van der Waals surface area contributed by atoms with Crippen LogP contribution < -0.4 is 10.6 Å². The van der Waals surface area contributed by atoms with Crippen LogP contribution in [0.3, 0.4) is 0 Å². The zero-order valence-corrected chi connectivity index (χ0v) is 12.6. The molecule has 1 heterocycles. The summed E-state index contributed by atoms with van der Waals surface area (Å²) in [5.41, 5.74) is 0.154. The molecule has 0 radical (unpaired) electrons. The smallest absolute Gasteiger partial charge is 0.221 e. The zero-order chi connectivity index (χ0) is 14.1. The van der Waals surface area contributed by atoms with E-state index in [-0.39, 0.29) is 41.3 Å². The summed E-state index contributed by atoms with van der Waals surface area (Å²) >= 11 is 0. The SMILES string of the molecule is CC1(C)CCCC1NC(=O)CC1CS(=O)(=O)CCN1. The Bertz CT molecular complexity index is 445. The van der Waals surface area contributed by atoms with Crippen molar-refractivity contribution in [2.75, 3.05) is 18.1 Å². The van der Waals surface area contributed by atoms with Crippen LogP contribution in [-0.4, -0.2) is 44.5 Å². The largest absolute Gasteiger partial charge is 0.353 e. The van der Waals surface area contributed by atoms with E-state index in [1.807, 2.05) is 0 Å². The lowest BCUT2D eigenvalue weighted by atomic mass is 9.87. The van der Waals surface area contributed by atoms with E-state index in [9.17, 15) is 13.2 Å². The van der Waals surface area contributed by atoms with Gasteiger partial charge in [-0.25, -0.2) is 8.42 Å². The van der Waals surface area contributed by atoms with Gasteiger partial charge in [-0.2, -0.15) is 0 Å². The molecule has 1 saturated heterocycles. The van der Waals surface area contributed by atoms with Gasteiger partial charge in [0.15, 0.2) is 9.84 Å². The van der Waals surface area contributed by atoms with Gasteiger partial charge in [-0.15, -0.1) is 0 Å². The number of nitrogens with one attached hydrogen (secondary N) is 2. The van der Waals surface area contributed by atoms with Gasteiger partial charge < -0.3 is 10.6 Å². The first-order chi connectivity index (χ1) is 8.78. The normalized spacial score (nSPS) is 32.9. The van der Waals surface area contributed by atoms with Gasteiger partial charge in [0.1, 0.15) is 0 Å². The Morgan fingerprint density at radius 2 is 2.16 bits per heavy atom. The van der Waals surface area contributed by atoms with Crippen LogP contribution in [0, 0.1) is 5.41 Å². The second-order valence-corrected chi connectivity index (χ2v) is 8.70. The molecule has 2 atom stereocenters. The van der Waals surface area contributed by atoms with Crippen LogP contribution in [0.15, 0.2) is 0 Å². The Kier molecular flexibility index (Phi) is 4.20. The Balaban J connectivity index is 1.85. The lowest BCUT2D eigenvalue weighted by Crippen LogP contribution is -2.49. The second kappa shape index (κ2) is 5.40. The number of carbonyl (C=O) groups excluding carboxylic acids is 1. The van der Waals surface area contributed by atoms with Crippen LogP contribution in [0.25, 0.3) is 0 Å². The molecule has 2 aliphatic rings. The fourth-order valence-electron chi connectivity index (χ4n) is 3.07. The molecule has 2 unspecified atom stereocenters. The summed E-state index contributed by atoms with van der Waals surface area (Å²) < 4.78 is 23.0. The average molecular weight is 288 g/mol. The van der Waals surface area contributed by atoms with Crippen LogP contribution in [0.1, 0.15) is 39.5 Å². The van der Waals surface area contributed by atoms with Crippen molar-refractivity contribution in [2.24, 2.45) is 5.41 Å². The van der Waals surface area contributed by atoms with Gasteiger partial charge in [0.2, 0.25) is 5.91 Å². The maximum Gasteiger partial charge on any atom is 0.221 e. The van der Waals surface area contributed by atoms with Gasteiger partial charge in [-0.05, 0) is 18.3 Å². The van der Waals surface area contributed by atoms with Crippen molar-refractivity contribution in [2.45, 2.75) is 51.6 Å². The van der Waals surface area contributed by atoms with E-state index < -0.39 is 9.84 Å². The van der Waals surface area contributed by atoms with Gasteiger partial charge in [0, 0.05) is 25.0 Å². The lowest BCUT2D eigenvalue weighted by Gasteiger charge is -2.29. The van der Waals surface area contributed by atoms with E-state index in [0.29, 0.717) is 6.54 Å². The van der Waals surface area contributed by atoms with Crippen LogP contribution in [0.2, 0.25) is 0 Å². The summed E-state index contributed by atoms with van der Waals surface area (Å²) in [5.74, 6) is 0.226. The minimum absolute atomic E-state index is 0.0328. The Labute approximate surface area is 115 Å². The number of amides is 1. The van der Waals surface area contributed by atoms with Crippen molar-refractivity contribution in [3.63, 3.8) is 0 Å². The monoisotopic (exact) mass is 288 g/mol. The van der Waals surface area contributed by atoms with E-state index >= 15 is 0 Å². The van der Waals surface area contributed by atoms with Crippen molar-refractivity contribution < 1.29 is 13.2 Å². The third-order valence-corrected chi connectivity index (χ3v) is 6.06. The molecule has 5 nitrogen and oxygen atoms in total. The van der Waals surface area contributed by atoms with Gasteiger partial charge in [0.05, 0.1) is 11.5 Å². The maximum atomic E-state index is 12.0. The number of rotatable bonds is 3. The first kappa shape index (κ1) is 14.8.